The van der Waals surface area contributed by atoms with E-state index in [1.807, 2.05) is 6.20 Å². The third-order valence-electron chi connectivity index (χ3n) is 5.07. The van der Waals surface area contributed by atoms with Gasteiger partial charge in [0.15, 0.2) is 5.82 Å². The molecule has 2 aromatic heterocycles. The van der Waals surface area contributed by atoms with Crippen molar-refractivity contribution >= 4 is 5.69 Å². The molecular formula is C16H25N7. The molecule has 0 aromatic carbocycles. The maximum Gasteiger partial charge on any atom is 0.153 e. The zero-order valence-electron chi connectivity index (χ0n) is 14.0. The highest BCUT2D eigenvalue weighted by atomic mass is 15.4. The zero-order chi connectivity index (χ0) is 15.8. The smallest absolute Gasteiger partial charge is 0.153 e. The number of nitrogens with zero attached hydrogens (tertiary/aromatic N) is 6. The largest absolute Gasteiger partial charge is 0.366 e. The van der Waals surface area contributed by atoms with E-state index in [1.165, 1.54) is 17.8 Å². The zero-order valence-corrected chi connectivity index (χ0v) is 14.0. The topological polar surface area (TPSA) is 65.9 Å². The number of hydrogen-bond donors (Lipinski definition) is 1. The molecule has 0 amide bonds. The van der Waals surface area contributed by atoms with Crippen LogP contribution in [0.4, 0.5) is 5.69 Å². The lowest BCUT2D eigenvalue weighted by Gasteiger charge is -2.33. The van der Waals surface area contributed by atoms with Gasteiger partial charge in [-0.3, -0.25) is 10.00 Å². The quantitative estimate of drug-likeness (QED) is 0.919. The average molecular weight is 315 g/mol. The van der Waals surface area contributed by atoms with Gasteiger partial charge in [0, 0.05) is 25.6 Å². The molecule has 0 bridgehead atoms. The fourth-order valence-corrected chi connectivity index (χ4v) is 3.71. The minimum Gasteiger partial charge on any atom is -0.366 e. The molecule has 1 atom stereocenters. The first kappa shape index (κ1) is 14.7. The maximum absolute atomic E-state index is 4.79. The second kappa shape index (κ2) is 5.96. The summed E-state index contributed by atoms with van der Waals surface area (Å²) in [7, 11) is 0. The van der Waals surface area contributed by atoms with Crippen LogP contribution < -0.4 is 4.90 Å². The van der Waals surface area contributed by atoms with E-state index in [0.29, 0.717) is 6.04 Å². The van der Waals surface area contributed by atoms with Crippen LogP contribution in [0.25, 0.3) is 0 Å². The van der Waals surface area contributed by atoms with E-state index in [4.69, 9.17) is 10.1 Å². The van der Waals surface area contributed by atoms with Crippen LogP contribution in [0.5, 0.6) is 0 Å². The fraction of sp³-hybridized carbons (Fsp3) is 0.688. The molecule has 0 fully saturated rings. The number of aryl methyl sites for hydroxylation is 1. The SMILES string of the molecule is CCN1CCn2nc(CC(C)N3CCCc4[nH]ncc43)nc2C1. The molecule has 2 aliphatic rings. The Morgan fingerprint density at radius 2 is 2.22 bits per heavy atom. The van der Waals surface area contributed by atoms with Gasteiger partial charge in [-0.05, 0) is 26.3 Å². The molecule has 7 heteroatoms. The van der Waals surface area contributed by atoms with Gasteiger partial charge in [0.25, 0.3) is 0 Å². The van der Waals surface area contributed by atoms with Crippen LogP contribution in [0.2, 0.25) is 0 Å². The molecule has 23 heavy (non-hydrogen) atoms. The van der Waals surface area contributed by atoms with Gasteiger partial charge < -0.3 is 4.90 Å². The Labute approximate surface area is 136 Å². The molecule has 0 aliphatic carbocycles. The van der Waals surface area contributed by atoms with E-state index in [1.54, 1.807) is 0 Å². The molecule has 4 heterocycles. The van der Waals surface area contributed by atoms with Crippen molar-refractivity contribution in [2.75, 3.05) is 24.5 Å². The Morgan fingerprint density at radius 3 is 3.09 bits per heavy atom. The third kappa shape index (κ3) is 2.73. The molecule has 2 aromatic rings. The number of aromatic nitrogens is 5. The second-order valence-electron chi connectivity index (χ2n) is 6.62. The summed E-state index contributed by atoms with van der Waals surface area (Å²) >= 11 is 0. The van der Waals surface area contributed by atoms with Crippen LogP contribution in [-0.4, -0.2) is 55.5 Å². The van der Waals surface area contributed by atoms with E-state index >= 15 is 0 Å². The highest BCUT2D eigenvalue weighted by Crippen LogP contribution is 2.27. The van der Waals surface area contributed by atoms with Crippen molar-refractivity contribution in [1.29, 1.82) is 0 Å². The van der Waals surface area contributed by atoms with Gasteiger partial charge in [-0.1, -0.05) is 6.92 Å². The monoisotopic (exact) mass is 315 g/mol. The molecule has 0 saturated carbocycles. The van der Waals surface area contributed by atoms with Gasteiger partial charge in [-0.15, -0.1) is 0 Å². The van der Waals surface area contributed by atoms with Crippen molar-refractivity contribution < 1.29 is 0 Å². The lowest BCUT2D eigenvalue weighted by molar-refractivity contribution is 0.220. The summed E-state index contributed by atoms with van der Waals surface area (Å²) in [4.78, 5) is 9.65. The number of rotatable bonds is 4. The highest BCUT2D eigenvalue weighted by Gasteiger charge is 2.25. The molecule has 124 valence electrons. The predicted octanol–water partition coefficient (Wildman–Crippen LogP) is 1.22. The number of H-pyrrole nitrogens is 1. The molecule has 0 saturated heterocycles. The van der Waals surface area contributed by atoms with Crippen molar-refractivity contribution in [3.63, 3.8) is 0 Å². The van der Waals surface area contributed by atoms with E-state index in [0.717, 1.165) is 57.2 Å². The Bertz CT molecular complexity index is 674. The van der Waals surface area contributed by atoms with Gasteiger partial charge in [0.2, 0.25) is 0 Å². The predicted molar refractivity (Wildman–Crippen MR) is 88.4 cm³/mol. The number of hydrogen-bond acceptors (Lipinski definition) is 5. The maximum atomic E-state index is 4.79. The first-order chi connectivity index (χ1) is 11.2. The van der Waals surface area contributed by atoms with Crippen LogP contribution >= 0.6 is 0 Å². The average Bonchev–Trinajstić information content (AvgIpc) is 3.19. The standard InChI is InChI=1S/C16H25N7/c1-3-21-7-8-23-16(11-21)18-15(20-23)9-12(2)22-6-4-5-13-14(22)10-17-19-13/h10,12H,3-9,11H2,1-2H3,(H,17,19). The summed E-state index contributed by atoms with van der Waals surface area (Å²) in [5, 5.41) is 12.1. The minimum absolute atomic E-state index is 0.387. The molecule has 0 radical (unpaired) electrons. The van der Waals surface area contributed by atoms with Crippen molar-refractivity contribution in [2.24, 2.45) is 0 Å². The molecule has 2 aliphatic heterocycles. The summed E-state index contributed by atoms with van der Waals surface area (Å²) in [6, 6.07) is 0.387. The minimum atomic E-state index is 0.387. The summed E-state index contributed by atoms with van der Waals surface area (Å²) in [6.45, 7) is 9.59. The molecule has 1 unspecified atom stereocenters. The van der Waals surface area contributed by atoms with Crippen LogP contribution in [0.1, 0.15) is 37.6 Å². The van der Waals surface area contributed by atoms with Crippen LogP contribution in [0.3, 0.4) is 0 Å². The number of likely N-dealkylation sites (N-methyl/N-ethyl adjacent to an activating group) is 1. The van der Waals surface area contributed by atoms with Crippen molar-refractivity contribution in [3.05, 3.63) is 23.5 Å². The van der Waals surface area contributed by atoms with Crippen LogP contribution in [-0.2, 0) is 25.9 Å². The summed E-state index contributed by atoms with van der Waals surface area (Å²) in [5.41, 5.74) is 2.52. The number of fused-ring (bicyclic) bond motifs is 2. The van der Waals surface area contributed by atoms with E-state index in [9.17, 15) is 0 Å². The second-order valence-corrected chi connectivity index (χ2v) is 6.62. The summed E-state index contributed by atoms with van der Waals surface area (Å²) < 4.78 is 2.09. The molecule has 1 N–H and O–H groups in total. The van der Waals surface area contributed by atoms with E-state index in [-0.39, 0.29) is 0 Å². The third-order valence-corrected chi connectivity index (χ3v) is 5.07. The first-order valence-corrected chi connectivity index (χ1v) is 8.68. The Morgan fingerprint density at radius 1 is 1.30 bits per heavy atom. The molecule has 4 rings (SSSR count). The molecular weight excluding hydrogens is 290 g/mol. The molecule has 7 nitrogen and oxygen atoms in total. The Kier molecular flexibility index (Phi) is 3.80. The van der Waals surface area contributed by atoms with Gasteiger partial charge in [0.1, 0.15) is 5.82 Å². The number of anilines is 1. The highest BCUT2D eigenvalue weighted by molar-refractivity contribution is 5.51. The lowest BCUT2D eigenvalue weighted by atomic mass is 10.1. The number of nitrogens with one attached hydrogen (secondary N) is 1. The lowest BCUT2D eigenvalue weighted by Crippen LogP contribution is -2.38. The van der Waals surface area contributed by atoms with Crippen LogP contribution in [0.15, 0.2) is 6.20 Å². The van der Waals surface area contributed by atoms with E-state index in [2.05, 4.69) is 38.5 Å². The normalized spacial score (nSPS) is 19.5. The van der Waals surface area contributed by atoms with Gasteiger partial charge in [0.05, 0.1) is 30.7 Å². The summed E-state index contributed by atoms with van der Waals surface area (Å²) in [6.07, 6.45) is 5.12. The Balaban J connectivity index is 1.48. The fourth-order valence-electron chi connectivity index (χ4n) is 3.71. The first-order valence-electron chi connectivity index (χ1n) is 8.68. The Hall–Kier alpha value is -1.89. The number of aromatic amines is 1. The van der Waals surface area contributed by atoms with Gasteiger partial charge in [-0.2, -0.15) is 10.2 Å². The van der Waals surface area contributed by atoms with Crippen LogP contribution in [0, 0.1) is 0 Å². The van der Waals surface area contributed by atoms with Gasteiger partial charge >= 0.3 is 0 Å². The van der Waals surface area contributed by atoms with E-state index < -0.39 is 0 Å². The van der Waals surface area contributed by atoms with Crippen molar-refractivity contribution in [1.82, 2.24) is 29.9 Å². The summed E-state index contributed by atoms with van der Waals surface area (Å²) in [5.74, 6) is 2.09. The van der Waals surface area contributed by atoms with Crippen molar-refractivity contribution in [3.8, 4) is 0 Å². The van der Waals surface area contributed by atoms with Crippen molar-refractivity contribution in [2.45, 2.75) is 52.2 Å². The van der Waals surface area contributed by atoms with Gasteiger partial charge in [-0.25, -0.2) is 9.67 Å². The molecule has 0 spiro atoms.